The van der Waals surface area contributed by atoms with E-state index in [1.54, 1.807) is 7.11 Å². The number of carbonyl (C=O) groups excluding carboxylic acids is 1. The Hall–Kier alpha value is -1.54. The third-order valence-electron chi connectivity index (χ3n) is 5.87. The fraction of sp³-hybridized carbons (Fsp3) is 0.600. The molecule has 152 valence electrons. The quantitative estimate of drug-likeness (QED) is 0.725. The number of amides is 1. The van der Waals surface area contributed by atoms with Gasteiger partial charge in [-0.15, -0.1) is 0 Å². The van der Waals surface area contributed by atoms with E-state index in [1.165, 1.54) is 37.4 Å². The SMILES string of the molecule is COc1ccccc1N1C(=NC(=O)CCC2CCCC2)S[C@@H]2CS(=O)(=O)C[C@H]21. The Balaban J connectivity index is 1.59. The highest BCUT2D eigenvalue weighted by atomic mass is 32.2. The third kappa shape index (κ3) is 4.08. The van der Waals surface area contributed by atoms with E-state index in [0.717, 1.165) is 12.1 Å². The molecule has 1 amide bonds. The minimum atomic E-state index is -3.08. The molecule has 28 heavy (non-hydrogen) atoms. The minimum Gasteiger partial charge on any atom is -0.495 e. The number of sulfone groups is 1. The molecular formula is C20H26N2O4S2. The molecule has 0 unspecified atom stereocenters. The molecule has 0 N–H and O–H groups in total. The second kappa shape index (κ2) is 8.06. The zero-order chi connectivity index (χ0) is 19.7. The van der Waals surface area contributed by atoms with Crippen molar-refractivity contribution in [2.75, 3.05) is 23.5 Å². The van der Waals surface area contributed by atoms with Crippen LogP contribution in [-0.2, 0) is 14.6 Å². The fourth-order valence-corrected chi connectivity index (χ4v) is 8.39. The van der Waals surface area contributed by atoms with Crippen molar-refractivity contribution in [3.05, 3.63) is 24.3 Å². The summed E-state index contributed by atoms with van der Waals surface area (Å²) in [6.07, 6.45) is 6.32. The average Bonchev–Trinajstić information content (AvgIpc) is 3.34. The Labute approximate surface area is 170 Å². The number of methoxy groups -OCH3 is 1. The van der Waals surface area contributed by atoms with Gasteiger partial charge in [-0.25, -0.2) is 8.42 Å². The van der Waals surface area contributed by atoms with Gasteiger partial charge in [0.25, 0.3) is 0 Å². The van der Waals surface area contributed by atoms with Crippen LogP contribution in [0.2, 0.25) is 0 Å². The van der Waals surface area contributed by atoms with Gasteiger partial charge in [0.05, 0.1) is 30.3 Å². The summed E-state index contributed by atoms with van der Waals surface area (Å²) < 4.78 is 29.8. The number of fused-ring (bicyclic) bond motifs is 1. The van der Waals surface area contributed by atoms with Gasteiger partial charge in [0.1, 0.15) is 5.75 Å². The van der Waals surface area contributed by atoms with Crippen LogP contribution in [0.4, 0.5) is 5.69 Å². The predicted octanol–water partition coefficient (Wildman–Crippen LogP) is 3.27. The Morgan fingerprint density at radius 1 is 1.25 bits per heavy atom. The standard InChI is InChI=1S/C20H26N2O4S2/c1-26-17-9-5-4-8-15(17)22-16-12-28(24,25)13-18(16)27-20(22)21-19(23)11-10-14-6-2-3-7-14/h4-5,8-9,14,16,18H,2-3,6-7,10-13H2,1H3/t16-,18-/m1/s1. The molecule has 0 radical (unpaired) electrons. The molecule has 1 saturated carbocycles. The van der Waals surface area contributed by atoms with Crippen molar-refractivity contribution < 1.29 is 17.9 Å². The summed E-state index contributed by atoms with van der Waals surface area (Å²) in [7, 11) is -1.49. The Bertz CT molecular complexity index is 878. The van der Waals surface area contributed by atoms with Crippen LogP contribution in [0.15, 0.2) is 29.3 Å². The topological polar surface area (TPSA) is 76.0 Å². The van der Waals surface area contributed by atoms with Crippen LogP contribution in [0, 0.1) is 5.92 Å². The number of hydrogen-bond acceptors (Lipinski definition) is 5. The molecule has 1 aliphatic carbocycles. The molecule has 2 saturated heterocycles. The second-order valence-corrected chi connectivity index (χ2v) is 11.2. The van der Waals surface area contributed by atoms with Crippen molar-refractivity contribution >= 4 is 38.4 Å². The average molecular weight is 423 g/mol. The second-order valence-electron chi connectivity index (χ2n) is 7.82. The highest BCUT2D eigenvalue weighted by molar-refractivity contribution is 8.16. The molecule has 2 heterocycles. The maximum absolute atomic E-state index is 12.6. The molecule has 3 aliphatic rings. The molecule has 6 nitrogen and oxygen atoms in total. The molecule has 2 aliphatic heterocycles. The van der Waals surface area contributed by atoms with Gasteiger partial charge in [0.15, 0.2) is 15.0 Å². The number of ether oxygens (including phenoxy) is 1. The van der Waals surface area contributed by atoms with Gasteiger partial charge < -0.3 is 9.64 Å². The van der Waals surface area contributed by atoms with Crippen LogP contribution in [0.1, 0.15) is 38.5 Å². The molecule has 0 bridgehead atoms. The first-order chi connectivity index (χ1) is 13.5. The molecule has 3 fully saturated rings. The lowest BCUT2D eigenvalue weighted by Gasteiger charge is -2.26. The summed E-state index contributed by atoms with van der Waals surface area (Å²) in [5, 5.41) is 0.502. The number of anilines is 1. The molecule has 2 atom stereocenters. The number of amidine groups is 1. The van der Waals surface area contributed by atoms with Crippen molar-refractivity contribution in [3.63, 3.8) is 0 Å². The van der Waals surface area contributed by atoms with Crippen LogP contribution in [-0.4, -0.2) is 49.4 Å². The summed E-state index contributed by atoms with van der Waals surface area (Å²) in [5.74, 6) is 1.40. The van der Waals surface area contributed by atoms with E-state index in [2.05, 4.69) is 4.99 Å². The van der Waals surface area contributed by atoms with E-state index in [0.29, 0.717) is 23.3 Å². The normalized spacial score (nSPS) is 28.0. The number of thioether (sulfide) groups is 1. The Kier molecular flexibility index (Phi) is 5.69. The zero-order valence-electron chi connectivity index (χ0n) is 16.0. The third-order valence-corrected chi connectivity index (χ3v) is 9.08. The first-order valence-electron chi connectivity index (χ1n) is 9.88. The van der Waals surface area contributed by atoms with Gasteiger partial charge in [-0.1, -0.05) is 49.6 Å². The largest absolute Gasteiger partial charge is 0.495 e. The highest BCUT2D eigenvalue weighted by Crippen LogP contribution is 2.43. The van der Waals surface area contributed by atoms with E-state index in [9.17, 15) is 13.2 Å². The highest BCUT2D eigenvalue weighted by Gasteiger charge is 2.50. The smallest absolute Gasteiger partial charge is 0.248 e. The van der Waals surface area contributed by atoms with E-state index in [4.69, 9.17) is 4.74 Å². The number of para-hydroxylation sites is 2. The van der Waals surface area contributed by atoms with Crippen LogP contribution < -0.4 is 9.64 Å². The van der Waals surface area contributed by atoms with E-state index < -0.39 is 9.84 Å². The van der Waals surface area contributed by atoms with Crippen molar-refractivity contribution in [1.29, 1.82) is 0 Å². The molecule has 8 heteroatoms. The first-order valence-corrected chi connectivity index (χ1v) is 12.6. The van der Waals surface area contributed by atoms with Gasteiger partial charge in [0.2, 0.25) is 5.91 Å². The number of aliphatic imine (C=N–C) groups is 1. The van der Waals surface area contributed by atoms with Crippen LogP contribution in [0.5, 0.6) is 5.75 Å². The van der Waals surface area contributed by atoms with Crippen LogP contribution in [0.3, 0.4) is 0 Å². The predicted molar refractivity (Wildman–Crippen MR) is 113 cm³/mol. The van der Waals surface area contributed by atoms with E-state index >= 15 is 0 Å². The van der Waals surface area contributed by atoms with Crippen molar-refractivity contribution in [1.82, 2.24) is 0 Å². The van der Waals surface area contributed by atoms with Crippen LogP contribution in [0.25, 0.3) is 0 Å². The van der Waals surface area contributed by atoms with Crippen molar-refractivity contribution in [2.45, 2.75) is 49.8 Å². The monoisotopic (exact) mass is 422 g/mol. The van der Waals surface area contributed by atoms with Gasteiger partial charge >= 0.3 is 0 Å². The maximum Gasteiger partial charge on any atom is 0.248 e. The van der Waals surface area contributed by atoms with E-state index in [1.807, 2.05) is 29.2 Å². The summed E-state index contributed by atoms with van der Waals surface area (Å²) in [6.45, 7) is 0. The summed E-state index contributed by atoms with van der Waals surface area (Å²) in [6, 6.07) is 7.28. The lowest BCUT2D eigenvalue weighted by atomic mass is 10.0. The number of benzene rings is 1. The van der Waals surface area contributed by atoms with Gasteiger partial charge in [-0.2, -0.15) is 4.99 Å². The van der Waals surface area contributed by atoms with Crippen molar-refractivity contribution in [3.8, 4) is 5.75 Å². The molecule has 0 aromatic heterocycles. The lowest BCUT2D eigenvalue weighted by molar-refractivity contribution is -0.118. The minimum absolute atomic E-state index is 0.0813. The summed E-state index contributed by atoms with van der Waals surface area (Å²) in [5.41, 5.74) is 0.768. The van der Waals surface area contributed by atoms with Crippen LogP contribution >= 0.6 is 11.8 Å². The zero-order valence-corrected chi connectivity index (χ0v) is 17.7. The first kappa shape index (κ1) is 19.8. The number of hydrogen-bond donors (Lipinski definition) is 0. The number of nitrogens with zero attached hydrogens (tertiary/aromatic N) is 2. The Morgan fingerprint density at radius 2 is 2.00 bits per heavy atom. The van der Waals surface area contributed by atoms with E-state index in [-0.39, 0.29) is 28.7 Å². The molecular weight excluding hydrogens is 396 g/mol. The molecule has 1 aromatic rings. The van der Waals surface area contributed by atoms with Gasteiger partial charge in [-0.3, -0.25) is 4.79 Å². The molecule has 0 spiro atoms. The summed E-state index contributed by atoms with van der Waals surface area (Å²) in [4.78, 5) is 18.9. The Morgan fingerprint density at radius 3 is 2.75 bits per heavy atom. The maximum atomic E-state index is 12.6. The fourth-order valence-electron chi connectivity index (χ4n) is 4.46. The molecule has 4 rings (SSSR count). The lowest BCUT2D eigenvalue weighted by Crippen LogP contribution is -2.38. The number of rotatable bonds is 5. The summed E-state index contributed by atoms with van der Waals surface area (Å²) >= 11 is 1.41. The van der Waals surface area contributed by atoms with Gasteiger partial charge in [-0.05, 0) is 24.5 Å². The number of carbonyl (C=O) groups is 1. The molecule has 1 aromatic carbocycles. The van der Waals surface area contributed by atoms with Gasteiger partial charge in [0, 0.05) is 11.7 Å². The van der Waals surface area contributed by atoms with Crippen molar-refractivity contribution in [2.24, 2.45) is 10.9 Å².